The molecule has 3 atom stereocenters. The molecule has 25 heavy (non-hydrogen) atoms. The van der Waals surface area contributed by atoms with Gasteiger partial charge in [-0.15, -0.1) is 11.8 Å². The SMILES string of the molecule is CC1=C(C[C@H]2CNC(=O)C2)S[C@@H]2[C@H](C(=O)[Si](C)(C)C(C)(C)C)C(=O)N12. The van der Waals surface area contributed by atoms with E-state index in [1.807, 2.05) is 6.92 Å². The number of nitrogens with zero attached hydrogens (tertiary/aromatic N) is 1. The van der Waals surface area contributed by atoms with Gasteiger partial charge >= 0.3 is 0 Å². The van der Waals surface area contributed by atoms with Crippen molar-refractivity contribution in [1.29, 1.82) is 0 Å². The molecule has 138 valence electrons. The molecule has 0 bridgehead atoms. The second kappa shape index (κ2) is 5.98. The fraction of sp³-hybridized carbons (Fsp3) is 0.722. The van der Waals surface area contributed by atoms with Crippen LogP contribution < -0.4 is 5.32 Å². The maximum absolute atomic E-state index is 13.2. The van der Waals surface area contributed by atoms with Gasteiger partial charge in [0.05, 0.1) is 0 Å². The number of carbonyl (C=O) groups is 3. The number of carbonyl (C=O) groups excluding carboxylic acids is 3. The normalized spacial score (nSPS) is 29.7. The van der Waals surface area contributed by atoms with Crippen LogP contribution in [0.3, 0.4) is 0 Å². The fourth-order valence-electron chi connectivity index (χ4n) is 3.57. The molecule has 3 heterocycles. The number of hydrogen-bond acceptors (Lipinski definition) is 4. The molecule has 5 nitrogen and oxygen atoms in total. The summed E-state index contributed by atoms with van der Waals surface area (Å²) in [6.45, 7) is 13.2. The second-order valence-corrected chi connectivity index (χ2v) is 15.5. The molecule has 0 aromatic rings. The Bertz CT molecular complexity index is 680. The number of allylic oxidation sites excluding steroid dienone is 2. The third-order valence-electron chi connectivity index (χ3n) is 6.38. The Morgan fingerprint density at radius 2 is 1.96 bits per heavy atom. The number of β-lactam (4-membered cyclic amide) rings is 1. The Balaban J connectivity index is 1.73. The highest BCUT2D eigenvalue weighted by atomic mass is 32.2. The van der Waals surface area contributed by atoms with Crippen LogP contribution in [-0.2, 0) is 14.4 Å². The molecule has 2 saturated heterocycles. The summed E-state index contributed by atoms with van der Waals surface area (Å²) in [7, 11) is -2.20. The number of amides is 2. The van der Waals surface area contributed by atoms with E-state index in [1.54, 1.807) is 16.7 Å². The minimum Gasteiger partial charge on any atom is -0.356 e. The molecular formula is C18H28N2O3SSi. The maximum Gasteiger partial charge on any atom is 0.240 e. The number of fused-ring (bicyclic) bond motifs is 1. The van der Waals surface area contributed by atoms with Gasteiger partial charge in [-0.25, -0.2) is 0 Å². The molecule has 0 aromatic carbocycles. The first-order chi connectivity index (χ1) is 11.4. The molecule has 0 saturated carbocycles. The zero-order valence-electron chi connectivity index (χ0n) is 15.9. The summed E-state index contributed by atoms with van der Waals surface area (Å²) in [5, 5.41) is 2.93. The van der Waals surface area contributed by atoms with Gasteiger partial charge in [0.1, 0.15) is 24.8 Å². The minimum atomic E-state index is -2.20. The van der Waals surface area contributed by atoms with Crippen LogP contribution in [0.15, 0.2) is 10.6 Å². The third-order valence-corrected chi connectivity index (χ3v) is 13.1. The highest BCUT2D eigenvalue weighted by Crippen LogP contribution is 2.53. The predicted octanol–water partition coefficient (Wildman–Crippen LogP) is 2.89. The number of rotatable bonds is 4. The van der Waals surface area contributed by atoms with Crippen LogP contribution in [0, 0.1) is 11.8 Å². The summed E-state index contributed by atoms with van der Waals surface area (Å²) < 4.78 is 0. The van der Waals surface area contributed by atoms with E-state index in [2.05, 4.69) is 39.2 Å². The van der Waals surface area contributed by atoms with Crippen LogP contribution in [0.25, 0.3) is 0 Å². The van der Waals surface area contributed by atoms with E-state index in [0.717, 1.165) is 12.1 Å². The fourth-order valence-corrected chi connectivity index (χ4v) is 7.13. The average Bonchev–Trinajstić information content (AvgIpc) is 3.00. The van der Waals surface area contributed by atoms with Gasteiger partial charge in [-0.1, -0.05) is 33.9 Å². The molecular weight excluding hydrogens is 352 g/mol. The zero-order chi connectivity index (χ0) is 18.7. The Morgan fingerprint density at radius 1 is 1.32 bits per heavy atom. The van der Waals surface area contributed by atoms with Crippen LogP contribution in [0.4, 0.5) is 0 Å². The van der Waals surface area contributed by atoms with E-state index in [-0.39, 0.29) is 27.6 Å². The Morgan fingerprint density at radius 3 is 2.48 bits per heavy atom. The Labute approximate surface area is 155 Å². The summed E-state index contributed by atoms with van der Waals surface area (Å²) in [5.41, 5.74) is 0.985. The first-order valence-corrected chi connectivity index (χ1v) is 12.8. The van der Waals surface area contributed by atoms with Gasteiger partial charge in [-0.3, -0.25) is 9.59 Å². The van der Waals surface area contributed by atoms with Crippen LogP contribution in [0.1, 0.15) is 40.5 Å². The van der Waals surface area contributed by atoms with E-state index in [1.165, 1.54) is 4.91 Å². The van der Waals surface area contributed by atoms with Crippen molar-refractivity contribution < 1.29 is 14.4 Å². The van der Waals surface area contributed by atoms with Gasteiger partial charge < -0.3 is 15.0 Å². The molecule has 2 amide bonds. The molecule has 0 radical (unpaired) electrons. The third kappa shape index (κ3) is 2.89. The smallest absolute Gasteiger partial charge is 0.240 e. The van der Waals surface area contributed by atoms with Crippen LogP contribution >= 0.6 is 11.8 Å². The molecule has 0 aliphatic carbocycles. The molecule has 1 N–H and O–H groups in total. The average molecular weight is 381 g/mol. The lowest BCUT2D eigenvalue weighted by Crippen LogP contribution is -2.65. The van der Waals surface area contributed by atoms with Gasteiger partial charge in [-0.2, -0.15) is 0 Å². The van der Waals surface area contributed by atoms with Crippen molar-refractivity contribution in [3.05, 3.63) is 10.6 Å². The molecule has 7 heteroatoms. The lowest BCUT2D eigenvalue weighted by molar-refractivity contribution is -0.150. The molecule has 3 rings (SSSR count). The molecule has 0 spiro atoms. The summed E-state index contributed by atoms with van der Waals surface area (Å²) in [5.74, 6) is -0.105. The monoisotopic (exact) mass is 380 g/mol. The molecule has 3 aliphatic rings. The van der Waals surface area contributed by atoms with Crippen molar-refractivity contribution in [2.75, 3.05) is 6.54 Å². The predicted molar refractivity (Wildman–Crippen MR) is 102 cm³/mol. The van der Waals surface area contributed by atoms with Crippen LogP contribution in [0.2, 0.25) is 18.1 Å². The van der Waals surface area contributed by atoms with Gasteiger partial charge in [0, 0.05) is 23.6 Å². The zero-order valence-corrected chi connectivity index (χ0v) is 17.8. The van der Waals surface area contributed by atoms with Crippen molar-refractivity contribution in [2.45, 2.75) is 64.0 Å². The van der Waals surface area contributed by atoms with E-state index in [0.29, 0.717) is 18.9 Å². The van der Waals surface area contributed by atoms with Crippen LogP contribution in [0.5, 0.6) is 0 Å². The molecule has 2 fully saturated rings. The van der Waals surface area contributed by atoms with Gasteiger partial charge in [0.2, 0.25) is 11.8 Å². The lowest BCUT2D eigenvalue weighted by Gasteiger charge is -2.46. The first-order valence-electron chi connectivity index (χ1n) is 8.95. The van der Waals surface area contributed by atoms with E-state index in [4.69, 9.17) is 0 Å². The number of thioether (sulfide) groups is 1. The standard InChI is InChI=1S/C18H28N2O3SSi/c1-10-12(7-11-8-13(21)19-9-11)24-16-14(15(22)20(10)16)17(23)25(5,6)18(2,3)4/h11,14,16H,7-9H2,1-6H3,(H,19,21)/t11-,14-,16-/m1/s1. The van der Waals surface area contributed by atoms with Gasteiger partial charge in [0.15, 0.2) is 0 Å². The van der Waals surface area contributed by atoms with Crippen molar-refractivity contribution in [2.24, 2.45) is 11.8 Å². The first kappa shape index (κ1) is 18.7. The highest BCUT2D eigenvalue weighted by molar-refractivity contribution is 8.04. The quantitative estimate of drug-likeness (QED) is 0.463. The molecule has 0 aromatic heterocycles. The summed E-state index contributed by atoms with van der Waals surface area (Å²) in [6.07, 6.45) is 1.37. The number of hydrogen-bond donors (Lipinski definition) is 1. The summed E-state index contributed by atoms with van der Waals surface area (Å²) in [6, 6.07) is 0. The Kier molecular flexibility index (Phi) is 4.47. The summed E-state index contributed by atoms with van der Waals surface area (Å²) in [4.78, 5) is 40.3. The molecule has 3 aliphatic heterocycles. The van der Waals surface area contributed by atoms with Crippen molar-refractivity contribution in [3.8, 4) is 0 Å². The van der Waals surface area contributed by atoms with Crippen molar-refractivity contribution in [3.63, 3.8) is 0 Å². The molecule has 0 unspecified atom stereocenters. The van der Waals surface area contributed by atoms with E-state index in [9.17, 15) is 14.4 Å². The summed E-state index contributed by atoms with van der Waals surface area (Å²) >= 11 is 1.67. The van der Waals surface area contributed by atoms with Gasteiger partial charge in [-0.05, 0) is 24.3 Å². The van der Waals surface area contributed by atoms with Crippen molar-refractivity contribution >= 4 is 37.1 Å². The largest absolute Gasteiger partial charge is 0.356 e. The van der Waals surface area contributed by atoms with E-state index < -0.39 is 14.0 Å². The minimum absolute atomic E-state index is 0.0274. The number of nitrogens with one attached hydrogen (secondary N) is 1. The van der Waals surface area contributed by atoms with Crippen LogP contribution in [-0.4, -0.2) is 42.1 Å². The Hall–Kier alpha value is -1.08. The topological polar surface area (TPSA) is 66.5 Å². The van der Waals surface area contributed by atoms with E-state index >= 15 is 0 Å². The van der Waals surface area contributed by atoms with Gasteiger partial charge in [0.25, 0.3) is 0 Å². The highest BCUT2D eigenvalue weighted by Gasteiger charge is 2.60. The second-order valence-electron chi connectivity index (χ2n) is 9.02. The van der Waals surface area contributed by atoms with Crippen molar-refractivity contribution in [1.82, 2.24) is 10.2 Å². The lowest BCUT2D eigenvalue weighted by atomic mass is 9.98. The maximum atomic E-state index is 13.2.